The van der Waals surface area contributed by atoms with E-state index >= 15 is 0 Å². The molecule has 2 aromatic carbocycles. The molecule has 1 fully saturated rings. The van der Waals surface area contributed by atoms with E-state index in [1.165, 1.54) is 21.9 Å². The van der Waals surface area contributed by atoms with Crippen LogP contribution in [-0.2, 0) is 17.5 Å². The second-order valence-electron chi connectivity index (χ2n) is 7.61. The predicted molar refractivity (Wildman–Crippen MR) is 111 cm³/mol. The van der Waals surface area contributed by atoms with Crippen molar-refractivity contribution in [3.8, 4) is 0 Å². The number of piperazine rings is 1. The van der Waals surface area contributed by atoms with Gasteiger partial charge in [0.15, 0.2) is 5.58 Å². The van der Waals surface area contributed by atoms with Crippen molar-refractivity contribution in [1.82, 2.24) is 14.4 Å². The molecule has 13 heteroatoms. The Hall–Kier alpha value is -4.16. The molecule has 0 atom stereocenters. The average Bonchev–Trinajstić information content (AvgIpc) is 3.12. The summed E-state index contributed by atoms with van der Waals surface area (Å²) in [5, 5.41) is 10.9. The summed E-state index contributed by atoms with van der Waals surface area (Å²) in [7, 11) is 0. The van der Waals surface area contributed by atoms with Crippen LogP contribution in [0.2, 0.25) is 0 Å². The fourth-order valence-corrected chi connectivity index (χ4v) is 3.70. The minimum absolute atomic E-state index is 0.0149. The van der Waals surface area contributed by atoms with Crippen LogP contribution < -0.4 is 5.76 Å². The monoisotopic (exact) mass is 478 g/mol. The molecule has 34 heavy (non-hydrogen) atoms. The third-order valence-electron chi connectivity index (χ3n) is 5.53. The van der Waals surface area contributed by atoms with E-state index in [1.54, 1.807) is 0 Å². The van der Waals surface area contributed by atoms with Crippen molar-refractivity contribution < 1.29 is 32.1 Å². The highest BCUT2D eigenvalue weighted by Crippen LogP contribution is 2.29. The number of nitrogens with zero attached hydrogens (tertiary/aromatic N) is 4. The summed E-state index contributed by atoms with van der Waals surface area (Å²) in [4.78, 5) is 50.6. The first kappa shape index (κ1) is 23.0. The topological polar surface area (TPSA) is 119 Å². The summed E-state index contributed by atoms with van der Waals surface area (Å²) < 4.78 is 44.2. The second kappa shape index (κ2) is 8.65. The maximum atomic E-state index is 12.7. The smallest absolute Gasteiger partial charge is 0.407 e. The first-order valence-corrected chi connectivity index (χ1v) is 10.1. The van der Waals surface area contributed by atoms with E-state index in [0.29, 0.717) is 0 Å². The average molecular weight is 478 g/mol. The number of halogens is 3. The number of benzene rings is 2. The fraction of sp³-hybridized carbons (Fsp3) is 0.286. The van der Waals surface area contributed by atoms with Gasteiger partial charge in [-0.1, -0.05) is 0 Å². The van der Waals surface area contributed by atoms with E-state index in [0.717, 1.165) is 34.9 Å². The van der Waals surface area contributed by atoms with Crippen LogP contribution in [0.5, 0.6) is 0 Å². The lowest BCUT2D eigenvalue weighted by Gasteiger charge is -2.34. The summed E-state index contributed by atoms with van der Waals surface area (Å²) >= 11 is 0. The van der Waals surface area contributed by atoms with Gasteiger partial charge in [0.2, 0.25) is 5.91 Å². The molecule has 0 spiro atoms. The van der Waals surface area contributed by atoms with Crippen LogP contribution >= 0.6 is 0 Å². The lowest BCUT2D eigenvalue weighted by Crippen LogP contribution is -2.51. The highest BCUT2D eigenvalue weighted by atomic mass is 19.4. The molecule has 1 aliphatic rings. The van der Waals surface area contributed by atoms with Crippen LogP contribution in [0.1, 0.15) is 15.9 Å². The highest BCUT2D eigenvalue weighted by Gasteiger charge is 2.31. The number of amides is 2. The Morgan fingerprint density at radius 1 is 1.00 bits per heavy atom. The number of nitro groups is 1. The summed E-state index contributed by atoms with van der Waals surface area (Å²) in [6, 6.07) is 7.54. The zero-order valence-electron chi connectivity index (χ0n) is 17.4. The number of hydrogen-bond donors (Lipinski definition) is 0. The first-order valence-electron chi connectivity index (χ1n) is 10.1. The van der Waals surface area contributed by atoms with Gasteiger partial charge in [0.25, 0.3) is 11.6 Å². The minimum Gasteiger partial charge on any atom is -0.407 e. The molecule has 178 valence electrons. The molecule has 2 amide bonds. The van der Waals surface area contributed by atoms with Crippen molar-refractivity contribution in [3.63, 3.8) is 0 Å². The van der Waals surface area contributed by atoms with Crippen molar-refractivity contribution >= 4 is 28.6 Å². The van der Waals surface area contributed by atoms with E-state index in [9.17, 15) is 37.7 Å². The number of oxazole rings is 1. The number of hydrogen-bond acceptors (Lipinski definition) is 6. The quantitative estimate of drug-likeness (QED) is 0.420. The standard InChI is InChI=1S/C21H17F3N4O6/c22-21(23,24)14-3-1-13(2-4-14)19(30)26-9-7-25(8-10-26)18(29)12-27-16-6-5-15(28(32)33)11-17(16)34-20(27)31/h1-6,11H,7-10,12H2. The van der Waals surface area contributed by atoms with Crippen molar-refractivity contribution in [2.75, 3.05) is 26.2 Å². The Bertz CT molecular complexity index is 1320. The van der Waals surface area contributed by atoms with Gasteiger partial charge in [-0.2, -0.15) is 13.2 Å². The molecule has 0 bridgehead atoms. The predicted octanol–water partition coefficient (Wildman–Crippen LogP) is 2.51. The van der Waals surface area contributed by atoms with E-state index in [4.69, 9.17) is 4.42 Å². The van der Waals surface area contributed by atoms with Crippen molar-refractivity contribution in [2.45, 2.75) is 12.7 Å². The van der Waals surface area contributed by atoms with Gasteiger partial charge in [-0.15, -0.1) is 0 Å². The fourth-order valence-electron chi connectivity index (χ4n) is 3.70. The Kier molecular flexibility index (Phi) is 5.85. The molecule has 4 rings (SSSR count). The Morgan fingerprint density at radius 3 is 2.21 bits per heavy atom. The van der Waals surface area contributed by atoms with Crippen LogP contribution in [0.15, 0.2) is 51.7 Å². The van der Waals surface area contributed by atoms with Gasteiger partial charge in [-0.05, 0) is 30.3 Å². The van der Waals surface area contributed by atoms with Gasteiger partial charge in [0, 0.05) is 37.8 Å². The molecule has 3 aromatic rings. The van der Waals surface area contributed by atoms with Gasteiger partial charge >= 0.3 is 11.9 Å². The molecular weight excluding hydrogens is 461 g/mol. The molecule has 1 aromatic heterocycles. The van der Waals surface area contributed by atoms with Gasteiger partial charge in [-0.25, -0.2) is 4.79 Å². The summed E-state index contributed by atoms with van der Waals surface area (Å²) in [5.74, 6) is -1.69. The Labute approximate surface area is 188 Å². The van der Waals surface area contributed by atoms with E-state index in [1.807, 2.05) is 0 Å². The third-order valence-corrected chi connectivity index (χ3v) is 5.53. The molecule has 0 N–H and O–H groups in total. The van der Waals surface area contributed by atoms with Crippen LogP contribution in [0.25, 0.3) is 11.1 Å². The Balaban J connectivity index is 1.39. The van der Waals surface area contributed by atoms with Gasteiger partial charge in [-0.3, -0.25) is 24.3 Å². The molecule has 1 aliphatic heterocycles. The van der Waals surface area contributed by atoms with Crippen molar-refractivity contribution in [1.29, 1.82) is 0 Å². The highest BCUT2D eigenvalue weighted by molar-refractivity contribution is 5.94. The number of aromatic nitrogens is 1. The molecule has 10 nitrogen and oxygen atoms in total. The van der Waals surface area contributed by atoms with Crippen LogP contribution in [-0.4, -0.2) is 57.3 Å². The van der Waals surface area contributed by atoms with E-state index in [2.05, 4.69) is 0 Å². The van der Waals surface area contributed by atoms with E-state index < -0.39 is 34.2 Å². The molecular formula is C21H17F3N4O6. The zero-order chi connectivity index (χ0) is 24.6. The van der Waals surface area contributed by atoms with E-state index in [-0.39, 0.29) is 55.1 Å². The number of fused-ring (bicyclic) bond motifs is 1. The number of non-ortho nitro benzene ring substituents is 1. The molecule has 1 saturated heterocycles. The number of rotatable bonds is 4. The SMILES string of the molecule is O=C(Cn1c(=O)oc2cc([N+](=O)[O-])ccc21)N1CCN(C(=O)c2ccc(C(F)(F)F)cc2)CC1. The zero-order valence-corrected chi connectivity index (χ0v) is 17.4. The van der Waals surface area contributed by atoms with Gasteiger partial charge in [0.05, 0.1) is 22.1 Å². The first-order chi connectivity index (χ1) is 16.0. The summed E-state index contributed by atoms with van der Waals surface area (Å²) in [5.41, 5.74) is -0.776. The molecule has 0 aliphatic carbocycles. The number of carbonyl (C=O) groups is 2. The number of alkyl halides is 3. The van der Waals surface area contributed by atoms with Crippen LogP contribution in [0.3, 0.4) is 0 Å². The summed E-state index contributed by atoms with van der Waals surface area (Å²) in [6.07, 6.45) is -4.50. The van der Waals surface area contributed by atoms with Crippen molar-refractivity contribution in [3.05, 3.63) is 74.3 Å². The largest absolute Gasteiger partial charge is 0.420 e. The Morgan fingerprint density at radius 2 is 1.62 bits per heavy atom. The maximum absolute atomic E-state index is 12.7. The third kappa shape index (κ3) is 4.49. The lowest BCUT2D eigenvalue weighted by molar-refractivity contribution is -0.384. The van der Waals surface area contributed by atoms with Crippen LogP contribution in [0.4, 0.5) is 18.9 Å². The van der Waals surface area contributed by atoms with Crippen LogP contribution in [0, 0.1) is 10.1 Å². The maximum Gasteiger partial charge on any atom is 0.420 e. The minimum atomic E-state index is -4.50. The molecule has 0 saturated carbocycles. The lowest BCUT2D eigenvalue weighted by atomic mass is 10.1. The summed E-state index contributed by atoms with van der Waals surface area (Å²) in [6.45, 7) is 0.316. The number of carbonyl (C=O) groups excluding carboxylic acids is 2. The van der Waals surface area contributed by atoms with Gasteiger partial charge in [0.1, 0.15) is 6.54 Å². The normalized spacial score (nSPS) is 14.4. The second-order valence-corrected chi connectivity index (χ2v) is 7.61. The van der Waals surface area contributed by atoms with Crippen molar-refractivity contribution in [2.24, 2.45) is 0 Å². The molecule has 0 radical (unpaired) electrons. The molecule has 2 heterocycles. The van der Waals surface area contributed by atoms with Gasteiger partial charge < -0.3 is 14.2 Å². The molecule has 0 unspecified atom stereocenters. The number of nitro benzene ring substituents is 1.